The Bertz CT molecular complexity index is 983. The van der Waals surface area contributed by atoms with Crippen molar-refractivity contribution in [3.05, 3.63) is 70.9 Å². The van der Waals surface area contributed by atoms with Crippen LogP contribution in [0.3, 0.4) is 0 Å². The van der Waals surface area contributed by atoms with Crippen LogP contribution < -0.4 is 4.90 Å². The summed E-state index contributed by atoms with van der Waals surface area (Å²) in [7, 11) is 1.82. The molecule has 0 saturated heterocycles. The molecular weight excluding hydrogens is 394 g/mol. The number of likely N-dealkylation sites (N-methyl/N-ethyl adjacent to an activating group) is 1. The van der Waals surface area contributed by atoms with Crippen molar-refractivity contribution in [2.45, 2.75) is 31.6 Å². The first-order valence-electron chi connectivity index (χ1n) is 8.70. The van der Waals surface area contributed by atoms with Gasteiger partial charge in [-0.2, -0.15) is 26.3 Å². The van der Waals surface area contributed by atoms with Crippen LogP contribution in [-0.2, 0) is 17.8 Å². The maximum absolute atomic E-state index is 13.2. The van der Waals surface area contributed by atoms with Gasteiger partial charge in [-0.15, -0.1) is 0 Å². The molecule has 1 aliphatic rings. The van der Waals surface area contributed by atoms with Gasteiger partial charge in [-0.25, -0.2) is 0 Å². The highest BCUT2D eigenvalue weighted by atomic mass is 19.4. The number of rotatable bonds is 2. The second-order valence-corrected chi connectivity index (χ2v) is 7.26. The molecule has 8 heteroatoms. The van der Waals surface area contributed by atoms with Crippen LogP contribution in [0.15, 0.2) is 59.2 Å². The summed E-state index contributed by atoms with van der Waals surface area (Å²) >= 11 is 0. The van der Waals surface area contributed by atoms with Crippen LogP contribution >= 0.6 is 0 Å². The van der Waals surface area contributed by atoms with E-state index in [1.54, 1.807) is 0 Å². The van der Waals surface area contributed by atoms with Crippen molar-refractivity contribution in [2.24, 2.45) is 4.99 Å². The van der Waals surface area contributed by atoms with Crippen LogP contribution in [0.25, 0.3) is 0 Å². The number of allylic oxidation sites excluding steroid dienone is 2. The third-order valence-electron chi connectivity index (χ3n) is 5.02. The quantitative estimate of drug-likeness (QED) is 0.394. The molecule has 0 aliphatic carbocycles. The zero-order chi connectivity index (χ0) is 21.6. The monoisotopic (exact) mass is 412 g/mol. The summed E-state index contributed by atoms with van der Waals surface area (Å²) < 4.78 is 78.3. The third-order valence-corrected chi connectivity index (χ3v) is 5.02. The molecule has 1 heterocycles. The SMILES string of the molecule is CN1C(=CC=Nc2cc(C(F)(F)F)ccc2C(F)(F)F)C(C)(C)c2ccccc21. The summed E-state index contributed by atoms with van der Waals surface area (Å²) in [5, 5.41) is 0. The fraction of sp³-hybridized carbons (Fsp3) is 0.286. The van der Waals surface area contributed by atoms with E-state index in [4.69, 9.17) is 0 Å². The standard InChI is InChI=1S/C21H18F6N2/c1-19(2)15-6-4-5-7-17(15)29(3)18(19)10-11-28-16-12-13(20(22,23)24)8-9-14(16)21(25,26)27/h4-12H,1-3H3. The van der Waals surface area contributed by atoms with Gasteiger partial charge in [0.25, 0.3) is 0 Å². The van der Waals surface area contributed by atoms with Crippen molar-refractivity contribution < 1.29 is 26.3 Å². The van der Waals surface area contributed by atoms with Gasteiger partial charge in [-0.05, 0) is 35.9 Å². The minimum Gasteiger partial charge on any atom is -0.347 e. The van der Waals surface area contributed by atoms with Gasteiger partial charge in [-0.1, -0.05) is 32.0 Å². The second kappa shape index (κ2) is 6.93. The van der Waals surface area contributed by atoms with E-state index in [9.17, 15) is 26.3 Å². The van der Waals surface area contributed by atoms with E-state index in [0.29, 0.717) is 18.2 Å². The predicted molar refractivity (Wildman–Crippen MR) is 101 cm³/mol. The average molecular weight is 412 g/mol. The topological polar surface area (TPSA) is 15.6 Å². The fourth-order valence-corrected chi connectivity index (χ4v) is 3.54. The molecule has 0 spiro atoms. The van der Waals surface area contributed by atoms with Crippen LogP contribution in [0.2, 0.25) is 0 Å². The number of anilines is 1. The molecule has 154 valence electrons. The summed E-state index contributed by atoms with van der Waals surface area (Å²) in [6.45, 7) is 3.92. The van der Waals surface area contributed by atoms with E-state index in [2.05, 4.69) is 4.99 Å². The summed E-state index contributed by atoms with van der Waals surface area (Å²) in [4.78, 5) is 5.61. The number of aliphatic imine (C=N–C) groups is 1. The van der Waals surface area contributed by atoms with Gasteiger partial charge < -0.3 is 4.90 Å². The Labute approximate surface area is 164 Å². The van der Waals surface area contributed by atoms with E-state index in [-0.39, 0.29) is 0 Å². The molecule has 3 rings (SSSR count). The molecule has 0 saturated carbocycles. The van der Waals surface area contributed by atoms with Gasteiger partial charge in [0.1, 0.15) is 0 Å². The lowest BCUT2D eigenvalue weighted by molar-refractivity contribution is -0.140. The largest absolute Gasteiger partial charge is 0.418 e. The molecule has 0 bridgehead atoms. The van der Waals surface area contributed by atoms with Gasteiger partial charge in [0.2, 0.25) is 0 Å². The van der Waals surface area contributed by atoms with Crippen molar-refractivity contribution >= 4 is 17.6 Å². The Hall–Kier alpha value is -2.77. The number of alkyl halides is 6. The van der Waals surface area contributed by atoms with Crippen molar-refractivity contribution in [1.82, 2.24) is 0 Å². The highest BCUT2D eigenvalue weighted by molar-refractivity contribution is 5.81. The highest BCUT2D eigenvalue weighted by Crippen LogP contribution is 2.46. The molecule has 2 nitrogen and oxygen atoms in total. The summed E-state index contributed by atoms with van der Waals surface area (Å²) in [6, 6.07) is 8.87. The predicted octanol–water partition coefficient (Wildman–Crippen LogP) is 6.74. The van der Waals surface area contributed by atoms with E-state index < -0.39 is 34.6 Å². The normalized spacial score (nSPS) is 18.0. The van der Waals surface area contributed by atoms with E-state index in [1.165, 1.54) is 6.08 Å². The molecule has 0 aromatic heterocycles. The number of benzene rings is 2. The van der Waals surface area contributed by atoms with Gasteiger partial charge in [0.15, 0.2) is 0 Å². The van der Waals surface area contributed by atoms with Crippen molar-refractivity contribution in [2.75, 3.05) is 11.9 Å². The van der Waals surface area contributed by atoms with Crippen LogP contribution in [0.1, 0.15) is 30.5 Å². The molecule has 0 N–H and O–H groups in total. The Balaban J connectivity index is 2.02. The molecule has 0 amide bonds. The molecule has 0 radical (unpaired) electrons. The second-order valence-electron chi connectivity index (χ2n) is 7.26. The number of nitrogens with zero attached hydrogens (tertiary/aromatic N) is 2. The molecule has 0 atom stereocenters. The molecular formula is C21H18F6N2. The third kappa shape index (κ3) is 3.88. The van der Waals surface area contributed by atoms with Gasteiger partial charge in [0, 0.05) is 30.1 Å². The van der Waals surface area contributed by atoms with Gasteiger partial charge >= 0.3 is 12.4 Å². The molecule has 0 fully saturated rings. The van der Waals surface area contributed by atoms with E-state index >= 15 is 0 Å². The number of para-hydroxylation sites is 1. The lowest BCUT2D eigenvalue weighted by Gasteiger charge is -2.23. The van der Waals surface area contributed by atoms with Crippen molar-refractivity contribution in [3.8, 4) is 0 Å². The Kier molecular flexibility index (Phi) is 5.01. The lowest BCUT2D eigenvalue weighted by atomic mass is 9.84. The number of halogens is 6. The smallest absolute Gasteiger partial charge is 0.347 e. The van der Waals surface area contributed by atoms with Crippen LogP contribution in [0.5, 0.6) is 0 Å². The fourth-order valence-electron chi connectivity index (χ4n) is 3.54. The Morgan fingerprint density at radius 2 is 1.59 bits per heavy atom. The first-order valence-corrected chi connectivity index (χ1v) is 8.70. The summed E-state index contributed by atoms with van der Waals surface area (Å²) in [5.74, 6) is 0. The maximum Gasteiger partial charge on any atom is 0.418 e. The van der Waals surface area contributed by atoms with Crippen molar-refractivity contribution in [1.29, 1.82) is 0 Å². The number of fused-ring (bicyclic) bond motifs is 1. The molecule has 2 aromatic carbocycles. The van der Waals surface area contributed by atoms with E-state index in [0.717, 1.165) is 23.2 Å². The highest BCUT2D eigenvalue weighted by Gasteiger charge is 2.38. The number of hydrogen-bond acceptors (Lipinski definition) is 2. The summed E-state index contributed by atoms with van der Waals surface area (Å²) in [6.07, 6.45) is -6.93. The van der Waals surface area contributed by atoms with Crippen LogP contribution in [-0.4, -0.2) is 13.3 Å². The summed E-state index contributed by atoms with van der Waals surface area (Å²) in [5.41, 5.74) is -0.857. The molecule has 1 aliphatic heterocycles. The first-order chi connectivity index (χ1) is 13.3. The average Bonchev–Trinajstić information content (AvgIpc) is 2.81. The minimum atomic E-state index is -4.82. The zero-order valence-electron chi connectivity index (χ0n) is 15.9. The first kappa shape index (κ1) is 21.0. The minimum absolute atomic E-state index is 0.407. The van der Waals surface area contributed by atoms with Crippen molar-refractivity contribution in [3.63, 3.8) is 0 Å². The molecule has 2 aromatic rings. The van der Waals surface area contributed by atoms with Gasteiger partial charge in [-0.3, -0.25) is 4.99 Å². The lowest BCUT2D eigenvalue weighted by Crippen LogP contribution is -2.23. The molecule has 29 heavy (non-hydrogen) atoms. The molecule has 0 unspecified atom stereocenters. The Morgan fingerprint density at radius 1 is 0.931 bits per heavy atom. The van der Waals surface area contributed by atoms with Crippen LogP contribution in [0.4, 0.5) is 37.7 Å². The van der Waals surface area contributed by atoms with Gasteiger partial charge in [0.05, 0.1) is 16.8 Å². The van der Waals surface area contributed by atoms with E-state index in [1.807, 2.05) is 50.1 Å². The maximum atomic E-state index is 13.2. The van der Waals surface area contributed by atoms with Crippen LogP contribution in [0, 0.1) is 0 Å². The Morgan fingerprint density at radius 3 is 2.17 bits per heavy atom. The number of hydrogen-bond donors (Lipinski definition) is 0. The zero-order valence-corrected chi connectivity index (χ0v) is 15.9.